The number of ether oxygens (including phenoxy) is 2. The van der Waals surface area contributed by atoms with Gasteiger partial charge in [-0.1, -0.05) is 66.7 Å². The van der Waals surface area contributed by atoms with Crippen molar-refractivity contribution in [2.24, 2.45) is 5.10 Å². The van der Waals surface area contributed by atoms with Crippen LogP contribution in [0.15, 0.2) is 84.0 Å². The summed E-state index contributed by atoms with van der Waals surface area (Å²) in [6.45, 7) is 0.882. The average molecular weight is 681 g/mol. The molecule has 0 aliphatic carbocycles. The van der Waals surface area contributed by atoms with E-state index in [1.54, 1.807) is 36.2 Å². The van der Waals surface area contributed by atoms with Gasteiger partial charge in [0.2, 0.25) is 0 Å². The van der Waals surface area contributed by atoms with Gasteiger partial charge in [0.25, 0.3) is 5.91 Å². The molecule has 5 aromatic rings. The van der Waals surface area contributed by atoms with Crippen LogP contribution in [-0.2, 0) is 25.3 Å². The SMILES string of the molecule is CN(CCCOc1cccc(/C=N/NC(=O)COCc2ccc3ccc4cccc5ccc2c3c45)c1)CCC(O)([P+](=O)O)P(=O)(O)O. The Kier molecular flexibility index (Phi) is 11.0. The highest BCUT2D eigenvalue weighted by molar-refractivity contribution is 7.66. The molecule has 0 spiro atoms. The van der Waals surface area contributed by atoms with Crippen LogP contribution in [0, 0.1) is 0 Å². The molecule has 246 valence electrons. The Morgan fingerprint density at radius 1 is 1.00 bits per heavy atom. The quantitative estimate of drug-likeness (QED) is 0.0317. The normalized spacial score (nSPS) is 14.0. The second kappa shape index (κ2) is 14.9. The molecule has 0 fully saturated rings. The minimum atomic E-state index is -5.19. The minimum Gasteiger partial charge on any atom is -0.494 e. The molecule has 0 saturated carbocycles. The lowest BCUT2D eigenvalue weighted by Crippen LogP contribution is -2.31. The molecule has 2 unspecified atom stereocenters. The molecule has 5 N–H and O–H groups in total. The zero-order valence-corrected chi connectivity index (χ0v) is 27.4. The maximum Gasteiger partial charge on any atom is 0.554 e. The molecule has 5 rings (SSSR count). The van der Waals surface area contributed by atoms with Gasteiger partial charge in [-0.25, -0.2) is 5.43 Å². The summed E-state index contributed by atoms with van der Waals surface area (Å²) in [5.74, 6) is 0.188. The second-order valence-electron chi connectivity index (χ2n) is 11.3. The van der Waals surface area contributed by atoms with Gasteiger partial charge in [-0.15, -0.1) is 0 Å². The van der Waals surface area contributed by atoms with Gasteiger partial charge < -0.3 is 29.3 Å². The van der Waals surface area contributed by atoms with E-state index in [4.69, 9.17) is 9.47 Å². The molecule has 14 heteroatoms. The van der Waals surface area contributed by atoms with Crippen LogP contribution in [0.1, 0.15) is 24.0 Å². The first-order chi connectivity index (χ1) is 22.5. The number of hydrazone groups is 1. The maximum atomic E-state index is 12.4. The molecule has 0 radical (unpaired) electrons. The van der Waals surface area contributed by atoms with E-state index in [2.05, 4.69) is 59.1 Å². The first kappa shape index (κ1) is 34.5. The van der Waals surface area contributed by atoms with Crippen molar-refractivity contribution >= 4 is 60.1 Å². The van der Waals surface area contributed by atoms with Crippen molar-refractivity contribution in [2.45, 2.75) is 24.5 Å². The zero-order chi connectivity index (χ0) is 33.6. The number of carbonyl (C=O) groups excluding carboxylic acids is 1. The highest BCUT2D eigenvalue weighted by Crippen LogP contribution is 2.61. The minimum absolute atomic E-state index is 0.00798. The molecule has 5 aromatic carbocycles. The average Bonchev–Trinajstić information content (AvgIpc) is 3.04. The number of hydrogen-bond donors (Lipinski definition) is 5. The van der Waals surface area contributed by atoms with Gasteiger partial charge in [0.1, 0.15) is 12.4 Å². The van der Waals surface area contributed by atoms with Gasteiger partial charge in [0, 0.05) is 13.1 Å². The molecular formula is C33H36N3O9P2+. The predicted octanol–water partition coefficient (Wildman–Crippen LogP) is 4.90. The van der Waals surface area contributed by atoms with Gasteiger partial charge in [-0.3, -0.25) is 9.36 Å². The Hall–Kier alpha value is -3.83. The highest BCUT2D eigenvalue weighted by Gasteiger charge is 2.62. The lowest BCUT2D eigenvalue weighted by atomic mass is 9.92. The summed E-state index contributed by atoms with van der Waals surface area (Å²) in [5.41, 5.74) is 4.18. The van der Waals surface area contributed by atoms with Gasteiger partial charge in [0.15, 0.2) is 0 Å². The van der Waals surface area contributed by atoms with E-state index in [9.17, 15) is 33.7 Å². The summed E-state index contributed by atoms with van der Waals surface area (Å²) < 4.78 is 34.3. The van der Waals surface area contributed by atoms with Crippen molar-refractivity contribution < 1.29 is 43.2 Å². The van der Waals surface area contributed by atoms with Crippen LogP contribution in [0.3, 0.4) is 0 Å². The number of amides is 1. The van der Waals surface area contributed by atoms with E-state index in [-0.39, 0.29) is 25.7 Å². The molecule has 0 saturated heterocycles. The third kappa shape index (κ3) is 8.19. The monoisotopic (exact) mass is 680 g/mol. The summed E-state index contributed by atoms with van der Waals surface area (Å²) in [6.07, 6.45) is 1.47. The predicted molar refractivity (Wildman–Crippen MR) is 181 cm³/mol. The smallest absolute Gasteiger partial charge is 0.494 e. The first-order valence-electron chi connectivity index (χ1n) is 14.9. The number of nitrogens with one attached hydrogen (secondary N) is 1. The summed E-state index contributed by atoms with van der Waals surface area (Å²) in [7, 11) is -7.03. The molecule has 47 heavy (non-hydrogen) atoms. The molecule has 2 atom stereocenters. The Bertz CT molecular complexity index is 1950. The summed E-state index contributed by atoms with van der Waals surface area (Å²) in [5, 5.41) is 18.1. The number of carbonyl (C=O) groups is 1. The number of hydrogen-bond acceptors (Lipinski definition) is 8. The van der Waals surface area contributed by atoms with Crippen LogP contribution in [0.5, 0.6) is 5.75 Å². The van der Waals surface area contributed by atoms with E-state index in [1.807, 2.05) is 6.07 Å². The Morgan fingerprint density at radius 2 is 1.68 bits per heavy atom. The molecule has 0 aliphatic rings. The second-order valence-corrected chi connectivity index (χ2v) is 14.8. The Balaban J connectivity index is 1.05. The molecular weight excluding hydrogens is 644 g/mol. The standard InChI is InChI=1S/C33H35N3O9P2/c1-36(17-15-33(38,46(39)40)47(41,42)43)16-4-18-45-28-8-2-5-23(19-28)20-34-35-30(37)22-44-21-27-12-11-26-10-9-24-6-3-7-25-13-14-29(27)32(26)31(24)25/h2-3,5-14,19-20,38H,4,15-18,21-22H2,1H3,(H3-,35,37,39,40,41,42,43)/p+1/b34-20+. The van der Waals surface area contributed by atoms with Crippen molar-refractivity contribution in [1.82, 2.24) is 10.3 Å². The van der Waals surface area contributed by atoms with E-state index in [1.165, 1.54) is 27.8 Å². The van der Waals surface area contributed by atoms with E-state index in [0.717, 1.165) is 16.3 Å². The first-order valence-corrected chi connectivity index (χ1v) is 17.7. The largest absolute Gasteiger partial charge is 0.554 e. The van der Waals surface area contributed by atoms with Crippen LogP contribution >= 0.6 is 15.6 Å². The molecule has 0 aliphatic heterocycles. The third-order valence-electron chi connectivity index (χ3n) is 7.93. The van der Waals surface area contributed by atoms with E-state index < -0.39 is 27.1 Å². The number of aliphatic hydroxyl groups is 1. The lowest BCUT2D eigenvalue weighted by molar-refractivity contribution is -0.126. The number of benzene rings is 5. The maximum absolute atomic E-state index is 12.4. The zero-order valence-electron chi connectivity index (χ0n) is 25.7. The van der Waals surface area contributed by atoms with Gasteiger partial charge >= 0.3 is 20.7 Å². The molecule has 0 bridgehead atoms. The van der Waals surface area contributed by atoms with Gasteiger partial charge in [-0.2, -0.15) is 9.99 Å². The summed E-state index contributed by atoms with van der Waals surface area (Å²) in [6, 6.07) is 26.0. The fourth-order valence-corrected chi connectivity index (χ4v) is 6.97. The van der Waals surface area contributed by atoms with Crippen LogP contribution in [0.4, 0.5) is 0 Å². The van der Waals surface area contributed by atoms with Crippen LogP contribution in [0.25, 0.3) is 32.3 Å². The Labute approximate surface area is 272 Å². The number of rotatable bonds is 16. The Morgan fingerprint density at radius 3 is 2.40 bits per heavy atom. The van der Waals surface area contributed by atoms with Crippen molar-refractivity contribution in [2.75, 3.05) is 33.4 Å². The molecule has 1 amide bonds. The van der Waals surface area contributed by atoms with E-state index in [0.29, 0.717) is 30.9 Å². The summed E-state index contributed by atoms with van der Waals surface area (Å²) in [4.78, 5) is 41.7. The van der Waals surface area contributed by atoms with Gasteiger partial charge in [-0.05, 0) is 73.6 Å². The van der Waals surface area contributed by atoms with Crippen LogP contribution in [0.2, 0.25) is 0 Å². The lowest BCUT2D eigenvalue weighted by Gasteiger charge is -2.21. The van der Waals surface area contributed by atoms with Crippen molar-refractivity contribution in [3.63, 3.8) is 0 Å². The van der Waals surface area contributed by atoms with Gasteiger partial charge in [0.05, 0.1) is 25.8 Å². The molecule has 12 nitrogen and oxygen atoms in total. The van der Waals surface area contributed by atoms with E-state index >= 15 is 0 Å². The fourth-order valence-electron chi connectivity index (χ4n) is 5.40. The fraction of sp³-hybridized carbons (Fsp3) is 0.273. The molecule has 0 heterocycles. The molecule has 0 aromatic heterocycles. The van der Waals surface area contributed by atoms with Crippen molar-refractivity contribution in [3.05, 3.63) is 90.0 Å². The van der Waals surface area contributed by atoms with Crippen molar-refractivity contribution in [3.8, 4) is 5.75 Å². The van der Waals surface area contributed by atoms with Crippen LogP contribution < -0.4 is 10.2 Å². The highest BCUT2D eigenvalue weighted by atomic mass is 31.2. The summed E-state index contributed by atoms with van der Waals surface area (Å²) >= 11 is 0. The van der Waals surface area contributed by atoms with Crippen LogP contribution in [-0.4, -0.2) is 75.2 Å². The van der Waals surface area contributed by atoms with Crippen molar-refractivity contribution in [1.29, 1.82) is 0 Å². The topological polar surface area (TPSA) is 178 Å². The number of nitrogens with zero attached hydrogens (tertiary/aromatic N) is 2. The third-order valence-corrected chi connectivity index (χ3v) is 11.2.